The molecule has 1 saturated heterocycles. The number of pyridine rings is 1. The normalized spacial score (nSPS) is 26.3. The molecule has 0 spiro atoms. The van der Waals surface area contributed by atoms with Crippen molar-refractivity contribution in [2.24, 2.45) is 0 Å². The maximum absolute atomic E-state index is 14.0. The van der Waals surface area contributed by atoms with Crippen LogP contribution in [0.5, 0.6) is 5.75 Å². The van der Waals surface area contributed by atoms with E-state index >= 15 is 0 Å². The number of aliphatic hydroxyl groups is 2. The Morgan fingerprint density at radius 3 is 2.71 bits per heavy atom. The summed E-state index contributed by atoms with van der Waals surface area (Å²) < 4.78 is 38.6. The van der Waals surface area contributed by atoms with E-state index in [2.05, 4.69) is 25.0 Å². The average Bonchev–Trinajstić information content (AvgIpc) is 3.51. The molecule has 7 atom stereocenters. The molecule has 0 aromatic carbocycles. The quantitative estimate of drug-likeness (QED) is 0.196. The Kier molecular flexibility index (Phi) is 8.82. The third-order valence-electron chi connectivity index (χ3n) is 7.10. The highest BCUT2D eigenvalue weighted by atomic mass is 31.2. The predicted octanol–water partition coefficient (Wildman–Crippen LogP) is 1.87. The van der Waals surface area contributed by atoms with Gasteiger partial charge in [0.15, 0.2) is 17.7 Å². The van der Waals surface area contributed by atoms with Gasteiger partial charge < -0.3 is 29.9 Å². The van der Waals surface area contributed by atoms with E-state index in [1.54, 1.807) is 6.07 Å². The molecule has 3 aromatic rings. The maximum Gasteiger partial charge on any atom is 0.459 e. The number of aliphatic hydroxyl groups excluding tert-OH is 2. The summed E-state index contributed by atoms with van der Waals surface area (Å²) in [6.45, 7) is 3.00. The number of ether oxygens (including phenoxy) is 2. The molecule has 0 bridgehead atoms. The number of fused-ring (bicyclic) bond motifs is 1. The van der Waals surface area contributed by atoms with E-state index in [1.165, 1.54) is 49.5 Å². The van der Waals surface area contributed by atoms with Crippen molar-refractivity contribution < 1.29 is 38.1 Å². The number of nitrogens with one attached hydrogen (secondary N) is 1. The molecular weight excluding hydrogens is 557 g/mol. The van der Waals surface area contributed by atoms with Gasteiger partial charge in [-0.3, -0.25) is 18.9 Å². The monoisotopic (exact) mass is 591 g/mol. The van der Waals surface area contributed by atoms with Crippen LogP contribution in [0.2, 0.25) is 0 Å². The van der Waals surface area contributed by atoms with Crippen molar-refractivity contribution in [1.29, 1.82) is 0 Å². The van der Waals surface area contributed by atoms with E-state index in [0.717, 1.165) is 32.1 Å². The average molecular weight is 592 g/mol. The minimum atomic E-state index is -4.30. The number of hydrogen-bond donors (Lipinski definition) is 4. The van der Waals surface area contributed by atoms with E-state index < -0.39 is 50.4 Å². The van der Waals surface area contributed by atoms with Crippen LogP contribution in [0.1, 0.15) is 52.2 Å². The summed E-state index contributed by atoms with van der Waals surface area (Å²) in [5.74, 6) is -0.328. The molecule has 3 aromatic heterocycles. The Morgan fingerprint density at radius 1 is 1.20 bits per heavy atom. The van der Waals surface area contributed by atoms with Gasteiger partial charge in [0.2, 0.25) is 0 Å². The Labute approximate surface area is 236 Å². The van der Waals surface area contributed by atoms with Gasteiger partial charge in [-0.15, -0.1) is 0 Å². The lowest BCUT2D eigenvalue weighted by Crippen LogP contribution is -2.41. The number of nitrogen functional groups attached to an aromatic ring is 1. The second kappa shape index (κ2) is 12.3. The standard InChI is InChI=1S/C25H34N7O8P/c1-14(25(35)37-16-7-4-3-5-8-16)31-41(36,40-17-9-6-10-27-11-17)39-15(2)21-19(33)20(34)24(38-21)32-13-30-18-22(26)28-12-29-23(18)32/h6,9-16,19-21,24,33-34H,3-5,7-8H2,1-2H3,(H,31,36)(H2,26,28,29)/t14?,15?,19-,20+,21?,24?,41?/m0/s1. The molecule has 5 N–H and O–H groups in total. The summed E-state index contributed by atoms with van der Waals surface area (Å²) in [5, 5.41) is 24.4. The summed E-state index contributed by atoms with van der Waals surface area (Å²) in [4.78, 5) is 29.0. The smallest absolute Gasteiger partial charge is 0.459 e. The summed E-state index contributed by atoms with van der Waals surface area (Å²) in [6, 6.07) is 2.06. The minimum Gasteiger partial charge on any atom is -0.461 e. The second-order valence-corrected chi connectivity index (χ2v) is 11.8. The number of esters is 1. The summed E-state index contributed by atoms with van der Waals surface area (Å²) in [6.07, 6.45) is 3.64. The number of rotatable bonds is 10. The molecule has 16 heteroatoms. The van der Waals surface area contributed by atoms with Crippen LogP contribution in [0, 0.1) is 0 Å². The van der Waals surface area contributed by atoms with Gasteiger partial charge in [0.05, 0.1) is 18.6 Å². The van der Waals surface area contributed by atoms with E-state index in [-0.39, 0.29) is 17.7 Å². The van der Waals surface area contributed by atoms with Crippen LogP contribution in [0.4, 0.5) is 5.82 Å². The maximum atomic E-state index is 14.0. The first-order valence-electron chi connectivity index (χ1n) is 13.5. The van der Waals surface area contributed by atoms with Crippen LogP contribution in [0.25, 0.3) is 11.2 Å². The highest BCUT2D eigenvalue weighted by molar-refractivity contribution is 7.52. The molecule has 0 amide bonds. The fourth-order valence-electron chi connectivity index (χ4n) is 5.00. The number of imidazole rings is 1. The molecule has 1 aliphatic heterocycles. The second-order valence-electron chi connectivity index (χ2n) is 10.2. The molecule has 5 rings (SSSR count). The Morgan fingerprint density at radius 2 is 1.98 bits per heavy atom. The van der Waals surface area contributed by atoms with Gasteiger partial charge in [-0.1, -0.05) is 6.42 Å². The minimum absolute atomic E-state index is 0.122. The fraction of sp³-hybridized carbons (Fsp3) is 0.560. The van der Waals surface area contributed by atoms with Crippen molar-refractivity contribution in [2.45, 2.75) is 88.7 Å². The van der Waals surface area contributed by atoms with Gasteiger partial charge in [0.25, 0.3) is 0 Å². The highest BCUT2D eigenvalue weighted by Crippen LogP contribution is 2.48. The van der Waals surface area contributed by atoms with Crippen molar-refractivity contribution in [1.82, 2.24) is 29.6 Å². The van der Waals surface area contributed by atoms with Crippen LogP contribution in [0.15, 0.2) is 37.2 Å². The summed E-state index contributed by atoms with van der Waals surface area (Å²) in [7, 11) is -4.30. The first kappa shape index (κ1) is 29.3. The van der Waals surface area contributed by atoms with Gasteiger partial charge in [0.1, 0.15) is 48.1 Å². The van der Waals surface area contributed by atoms with Crippen LogP contribution >= 0.6 is 7.75 Å². The highest BCUT2D eigenvalue weighted by Gasteiger charge is 2.49. The number of aromatic nitrogens is 5. The Balaban J connectivity index is 1.32. The molecule has 41 heavy (non-hydrogen) atoms. The van der Waals surface area contributed by atoms with Crippen molar-refractivity contribution in [3.05, 3.63) is 37.2 Å². The van der Waals surface area contributed by atoms with Crippen molar-refractivity contribution in [2.75, 3.05) is 5.73 Å². The van der Waals surface area contributed by atoms with Gasteiger partial charge in [0, 0.05) is 6.20 Å². The number of anilines is 1. The molecule has 222 valence electrons. The molecule has 1 saturated carbocycles. The molecule has 4 heterocycles. The van der Waals surface area contributed by atoms with Crippen LogP contribution in [0.3, 0.4) is 0 Å². The zero-order valence-corrected chi connectivity index (χ0v) is 23.5. The van der Waals surface area contributed by atoms with Gasteiger partial charge >= 0.3 is 13.7 Å². The first-order valence-corrected chi connectivity index (χ1v) is 15.0. The topological polar surface area (TPSA) is 206 Å². The first-order chi connectivity index (χ1) is 19.6. The van der Waals surface area contributed by atoms with Crippen LogP contribution in [-0.4, -0.2) is 77.2 Å². The molecule has 0 radical (unpaired) electrons. The molecule has 1 aliphatic carbocycles. The van der Waals surface area contributed by atoms with E-state index in [1.807, 2.05) is 0 Å². The third kappa shape index (κ3) is 6.50. The Hall–Kier alpha value is -3.20. The molecule has 5 unspecified atom stereocenters. The lowest BCUT2D eigenvalue weighted by Gasteiger charge is -2.29. The van der Waals surface area contributed by atoms with Gasteiger partial charge in [-0.2, -0.15) is 5.09 Å². The van der Waals surface area contributed by atoms with E-state index in [0.29, 0.717) is 11.2 Å². The largest absolute Gasteiger partial charge is 0.461 e. The van der Waals surface area contributed by atoms with Crippen molar-refractivity contribution >= 4 is 30.7 Å². The number of carbonyl (C=O) groups is 1. The fourth-order valence-corrected chi connectivity index (χ4v) is 6.68. The van der Waals surface area contributed by atoms with Gasteiger partial charge in [-0.25, -0.2) is 19.5 Å². The summed E-state index contributed by atoms with van der Waals surface area (Å²) in [5.41, 5.74) is 6.46. The number of hydrogen-bond acceptors (Lipinski definition) is 13. The zero-order valence-electron chi connectivity index (χ0n) is 22.6. The van der Waals surface area contributed by atoms with Crippen LogP contribution in [-0.2, 0) is 23.4 Å². The third-order valence-corrected chi connectivity index (χ3v) is 8.87. The predicted molar refractivity (Wildman–Crippen MR) is 144 cm³/mol. The molecule has 2 aliphatic rings. The molecular formula is C25H34N7O8P. The lowest BCUT2D eigenvalue weighted by molar-refractivity contribution is -0.152. The summed E-state index contributed by atoms with van der Waals surface area (Å²) >= 11 is 0. The number of carbonyl (C=O) groups excluding carboxylic acids is 1. The lowest BCUT2D eigenvalue weighted by atomic mass is 9.98. The number of nitrogens with zero attached hydrogens (tertiary/aromatic N) is 5. The van der Waals surface area contributed by atoms with E-state index in [9.17, 15) is 19.6 Å². The molecule has 15 nitrogen and oxygen atoms in total. The van der Waals surface area contributed by atoms with Gasteiger partial charge in [-0.05, 0) is 51.7 Å². The number of nitrogens with two attached hydrogens (primary N) is 1. The zero-order chi connectivity index (χ0) is 29.1. The van der Waals surface area contributed by atoms with Crippen LogP contribution < -0.4 is 15.3 Å². The molecule has 2 fully saturated rings. The van der Waals surface area contributed by atoms with Crippen molar-refractivity contribution in [3.8, 4) is 5.75 Å². The van der Waals surface area contributed by atoms with E-state index in [4.69, 9.17) is 24.3 Å². The Bertz CT molecular complexity index is 1390. The SMILES string of the molecule is CC(NP(=O)(Oc1cccnc1)OC(C)C1OC(n2cnc3c(N)ncnc32)[C@H](O)[C@@H]1O)C(=O)OC1CCCCC1. The van der Waals surface area contributed by atoms with Crippen molar-refractivity contribution in [3.63, 3.8) is 0 Å².